The number of carbonyl (C=O) groups excluding carboxylic acids is 1. The highest BCUT2D eigenvalue weighted by atomic mass is 32.2. The highest BCUT2D eigenvalue weighted by Crippen LogP contribution is 2.20. The van der Waals surface area contributed by atoms with Crippen LogP contribution >= 0.6 is 0 Å². The number of allylic oxidation sites excluding steroid dienone is 1. The van der Waals surface area contributed by atoms with Crippen LogP contribution < -0.4 is 4.72 Å². The molecule has 1 aromatic rings. The Hall–Kier alpha value is -1.46. The number of rotatable bonds is 6. The van der Waals surface area contributed by atoms with E-state index in [-0.39, 0.29) is 23.1 Å². The predicted octanol–water partition coefficient (Wildman–Crippen LogP) is 2.60. The van der Waals surface area contributed by atoms with Crippen LogP contribution in [0.5, 0.6) is 0 Å². The van der Waals surface area contributed by atoms with E-state index in [2.05, 4.69) is 11.3 Å². The Morgan fingerprint density at radius 1 is 1.19 bits per heavy atom. The van der Waals surface area contributed by atoms with E-state index in [1.54, 1.807) is 24.3 Å². The zero-order valence-corrected chi connectivity index (χ0v) is 12.9. The largest absolute Gasteiger partial charge is 0.295 e. The molecule has 1 fully saturated rings. The Morgan fingerprint density at radius 2 is 1.81 bits per heavy atom. The molecule has 1 aliphatic rings. The third kappa shape index (κ3) is 4.51. The minimum absolute atomic E-state index is 0.0470. The second-order valence-electron chi connectivity index (χ2n) is 5.45. The van der Waals surface area contributed by atoms with Crippen molar-refractivity contribution in [2.24, 2.45) is 0 Å². The van der Waals surface area contributed by atoms with Gasteiger partial charge in [-0.25, -0.2) is 13.1 Å². The monoisotopic (exact) mass is 307 g/mol. The lowest BCUT2D eigenvalue weighted by atomic mass is 9.96. The van der Waals surface area contributed by atoms with Gasteiger partial charge in [-0.2, -0.15) is 0 Å². The van der Waals surface area contributed by atoms with E-state index in [9.17, 15) is 13.2 Å². The van der Waals surface area contributed by atoms with Crippen molar-refractivity contribution in [2.75, 3.05) is 0 Å². The normalized spacial score (nSPS) is 16.6. The first kappa shape index (κ1) is 15.9. The maximum absolute atomic E-state index is 12.3. The molecule has 0 atom stereocenters. The summed E-state index contributed by atoms with van der Waals surface area (Å²) in [4.78, 5) is 11.5. The highest BCUT2D eigenvalue weighted by Gasteiger charge is 2.21. The number of carbonyl (C=O) groups is 1. The van der Waals surface area contributed by atoms with E-state index in [4.69, 9.17) is 0 Å². The van der Waals surface area contributed by atoms with Gasteiger partial charge in [0.05, 0.1) is 4.90 Å². The molecule has 114 valence electrons. The summed E-state index contributed by atoms with van der Waals surface area (Å²) in [6, 6.07) is 6.51. The fourth-order valence-electron chi connectivity index (χ4n) is 2.57. The molecule has 21 heavy (non-hydrogen) atoms. The van der Waals surface area contributed by atoms with Gasteiger partial charge >= 0.3 is 0 Å². The molecule has 0 bridgehead atoms. The van der Waals surface area contributed by atoms with Crippen molar-refractivity contribution in [2.45, 2.75) is 49.5 Å². The molecule has 1 aromatic carbocycles. The Bertz CT molecular complexity index is 599. The van der Waals surface area contributed by atoms with Crippen molar-refractivity contribution in [3.8, 4) is 0 Å². The molecule has 1 saturated carbocycles. The van der Waals surface area contributed by atoms with Gasteiger partial charge in [-0.3, -0.25) is 4.79 Å². The number of hydrogen-bond donors (Lipinski definition) is 1. The molecule has 4 nitrogen and oxygen atoms in total. The molecule has 1 N–H and O–H groups in total. The smallest absolute Gasteiger partial charge is 0.240 e. The molecule has 0 amide bonds. The van der Waals surface area contributed by atoms with Crippen molar-refractivity contribution >= 4 is 15.8 Å². The summed E-state index contributed by atoms with van der Waals surface area (Å²) in [7, 11) is -3.47. The summed E-state index contributed by atoms with van der Waals surface area (Å²) in [6.45, 7) is 3.42. The summed E-state index contributed by atoms with van der Waals surface area (Å²) >= 11 is 0. The van der Waals surface area contributed by atoms with Gasteiger partial charge in [-0.1, -0.05) is 38.0 Å². The second kappa shape index (κ2) is 7.00. The lowest BCUT2D eigenvalue weighted by Gasteiger charge is -2.22. The van der Waals surface area contributed by atoms with Crippen LogP contribution in [0.4, 0.5) is 0 Å². The van der Waals surface area contributed by atoms with Crippen molar-refractivity contribution in [1.29, 1.82) is 0 Å². The Balaban J connectivity index is 2.05. The van der Waals surface area contributed by atoms with Gasteiger partial charge in [-0.05, 0) is 36.6 Å². The molecule has 0 saturated heterocycles. The fraction of sp³-hybridized carbons (Fsp3) is 0.438. The zero-order valence-electron chi connectivity index (χ0n) is 12.0. The molecule has 0 spiro atoms. The molecule has 0 aliphatic heterocycles. The van der Waals surface area contributed by atoms with Gasteiger partial charge in [0, 0.05) is 12.5 Å². The van der Waals surface area contributed by atoms with E-state index < -0.39 is 10.0 Å². The van der Waals surface area contributed by atoms with Gasteiger partial charge in [0.2, 0.25) is 10.0 Å². The van der Waals surface area contributed by atoms with Gasteiger partial charge in [0.15, 0.2) is 5.78 Å². The molecule has 0 radical (unpaired) electrons. The van der Waals surface area contributed by atoms with E-state index in [0.29, 0.717) is 0 Å². The van der Waals surface area contributed by atoms with Crippen molar-refractivity contribution in [1.82, 2.24) is 4.72 Å². The SMILES string of the molecule is C=CC(=O)Cc1ccc(S(=O)(=O)NC2CCCCC2)cc1. The number of benzene rings is 1. The van der Waals surface area contributed by atoms with E-state index in [1.807, 2.05) is 0 Å². The third-order valence-electron chi connectivity index (χ3n) is 3.77. The van der Waals surface area contributed by atoms with Gasteiger partial charge in [0.25, 0.3) is 0 Å². The quantitative estimate of drug-likeness (QED) is 0.822. The topological polar surface area (TPSA) is 63.2 Å². The highest BCUT2D eigenvalue weighted by molar-refractivity contribution is 7.89. The first-order valence-electron chi connectivity index (χ1n) is 7.28. The molecule has 0 unspecified atom stereocenters. The van der Waals surface area contributed by atoms with Gasteiger partial charge in [-0.15, -0.1) is 0 Å². The van der Waals surface area contributed by atoms with Crippen LogP contribution in [0.3, 0.4) is 0 Å². The van der Waals surface area contributed by atoms with Crippen LogP contribution in [0.2, 0.25) is 0 Å². The first-order chi connectivity index (χ1) is 10.0. The average Bonchev–Trinajstić information content (AvgIpc) is 2.48. The van der Waals surface area contributed by atoms with E-state index >= 15 is 0 Å². The molecular weight excluding hydrogens is 286 g/mol. The minimum atomic E-state index is -3.47. The Kier molecular flexibility index (Phi) is 5.31. The Labute approximate surface area is 126 Å². The van der Waals surface area contributed by atoms with Crippen molar-refractivity contribution in [3.63, 3.8) is 0 Å². The zero-order chi connectivity index (χ0) is 15.3. The number of nitrogens with one attached hydrogen (secondary N) is 1. The third-order valence-corrected chi connectivity index (χ3v) is 5.30. The maximum atomic E-state index is 12.3. The lowest BCUT2D eigenvalue weighted by molar-refractivity contribution is -0.114. The molecule has 1 aliphatic carbocycles. The van der Waals surface area contributed by atoms with Crippen LogP contribution in [0.1, 0.15) is 37.7 Å². The summed E-state index contributed by atoms with van der Waals surface area (Å²) < 4.78 is 27.4. The second-order valence-corrected chi connectivity index (χ2v) is 7.16. The standard InChI is InChI=1S/C16H21NO3S/c1-2-15(18)12-13-8-10-16(11-9-13)21(19,20)17-14-6-4-3-5-7-14/h2,8-11,14,17H,1,3-7,12H2. The van der Waals surface area contributed by atoms with Gasteiger partial charge in [0.1, 0.15) is 0 Å². The summed E-state index contributed by atoms with van der Waals surface area (Å²) in [6.07, 6.45) is 6.68. The van der Waals surface area contributed by atoms with Crippen LogP contribution in [0.15, 0.2) is 41.8 Å². The molecule has 0 aromatic heterocycles. The minimum Gasteiger partial charge on any atom is -0.295 e. The molecule has 0 heterocycles. The van der Waals surface area contributed by atoms with Crippen LogP contribution in [0.25, 0.3) is 0 Å². The molecule has 5 heteroatoms. The first-order valence-corrected chi connectivity index (χ1v) is 8.76. The van der Waals surface area contributed by atoms with Crippen LogP contribution in [-0.2, 0) is 21.2 Å². The number of hydrogen-bond acceptors (Lipinski definition) is 3. The number of sulfonamides is 1. The summed E-state index contributed by atoms with van der Waals surface area (Å²) in [5, 5.41) is 0. The molecule has 2 rings (SSSR count). The van der Waals surface area contributed by atoms with E-state index in [0.717, 1.165) is 31.2 Å². The van der Waals surface area contributed by atoms with Crippen LogP contribution in [0, 0.1) is 0 Å². The predicted molar refractivity (Wildman–Crippen MR) is 82.5 cm³/mol. The fourth-order valence-corrected chi connectivity index (χ4v) is 3.87. The van der Waals surface area contributed by atoms with Gasteiger partial charge < -0.3 is 0 Å². The molecular formula is C16H21NO3S. The number of ketones is 1. The Morgan fingerprint density at radius 3 is 2.38 bits per heavy atom. The average molecular weight is 307 g/mol. The summed E-state index contributed by atoms with van der Waals surface area (Å²) in [5.41, 5.74) is 0.788. The summed E-state index contributed by atoms with van der Waals surface area (Å²) in [5.74, 6) is -0.0778. The van der Waals surface area contributed by atoms with E-state index in [1.165, 1.54) is 12.5 Å². The lowest BCUT2D eigenvalue weighted by Crippen LogP contribution is -2.36. The van der Waals surface area contributed by atoms with Crippen molar-refractivity contribution in [3.05, 3.63) is 42.5 Å². The van der Waals surface area contributed by atoms with Crippen LogP contribution in [-0.4, -0.2) is 20.2 Å². The van der Waals surface area contributed by atoms with Crippen molar-refractivity contribution < 1.29 is 13.2 Å². The maximum Gasteiger partial charge on any atom is 0.240 e.